The molecule has 0 spiro atoms. The average Bonchev–Trinajstić information content (AvgIpc) is 3.31. The van der Waals surface area contributed by atoms with Crippen LogP contribution in [0.2, 0.25) is 0 Å². The molecule has 0 unspecified atom stereocenters. The SMILES string of the molecule is Cc1ccc2nc(N(/N=C\c3cccs3)C(=O)C3=COCCO3)sc2c1. The molecule has 2 aromatic heterocycles. The second-order valence-electron chi connectivity index (χ2n) is 5.55. The smallest absolute Gasteiger partial charge is 0.319 e. The van der Waals surface area contributed by atoms with Gasteiger partial charge in [-0.2, -0.15) is 10.1 Å². The number of aryl methyl sites for hydroxylation is 1. The Labute approximate surface area is 158 Å². The van der Waals surface area contributed by atoms with Gasteiger partial charge in [0.25, 0.3) is 0 Å². The van der Waals surface area contributed by atoms with E-state index in [-0.39, 0.29) is 5.76 Å². The quantitative estimate of drug-likeness (QED) is 0.504. The first kappa shape index (κ1) is 16.7. The average molecular weight is 385 g/mol. The number of carbonyl (C=O) groups excluding carboxylic acids is 1. The Bertz CT molecular complexity index is 992. The predicted octanol–water partition coefficient (Wildman–Crippen LogP) is 3.92. The molecule has 0 bridgehead atoms. The summed E-state index contributed by atoms with van der Waals surface area (Å²) < 4.78 is 11.6. The lowest BCUT2D eigenvalue weighted by molar-refractivity contribution is -0.119. The minimum atomic E-state index is -0.409. The molecule has 1 aliphatic heterocycles. The first-order valence-electron chi connectivity index (χ1n) is 7.94. The van der Waals surface area contributed by atoms with Crippen molar-refractivity contribution in [1.29, 1.82) is 0 Å². The molecule has 0 radical (unpaired) electrons. The van der Waals surface area contributed by atoms with Crippen LogP contribution in [0.1, 0.15) is 10.4 Å². The van der Waals surface area contributed by atoms with Crippen LogP contribution in [0.5, 0.6) is 0 Å². The molecule has 0 N–H and O–H groups in total. The molecule has 6 nitrogen and oxygen atoms in total. The van der Waals surface area contributed by atoms with E-state index < -0.39 is 5.91 Å². The summed E-state index contributed by atoms with van der Waals surface area (Å²) in [6.45, 7) is 2.78. The van der Waals surface area contributed by atoms with Crippen LogP contribution in [-0.2, 0) is 14.3 Å². The van der Waals surface area contributed by atoms with Gasteiger partial charge in [0.1, 0.15) is 19.5 Å². The van der Waals surface area contributed by atoms with Crippen LogP contribution < -0.4 is 5.01 Å². The van der Waals surface area contributed by atoms with E-state index in [4.69, 9.17) is 9.47 Å². The van der Waals surface area contributed by atoms with Crippen LogP contribution in [0.4, 0.5) is 5.13 Å². The third-order valence-corrected chi connectivity index (χ3v) is 5.41. The molecule has 1 amide bonds. The van der Waals surface area contributed by atoms with E-state index in [9.17, 15) is 4.79 Å². The fourth-order valence-corrected chi connectivity index (χ4v) is 3.96. The normalized spacial score (nSPS) is 14.1. The van der Waals surface area contributed by atoms with Crippen LogP contribution >= 0.6 is 22.7 Å². The van der Waals surface area contributed by atoms with Crippen molar-refractivity contribution in [3.63, 3.8) is 0 Å². The number of thiophene rings is 1. The Morgan fingerprint density at radius 1 is 1.35 bits per heavy atom. The molecule has 4 rings (SSSR count). The fraction of sp³-hybridized carbons (Fsp3) is 0.167. The van der Waals surface area contributed by atoms with Gasteiger partial charge in [-0.1, -0.05) is 23.5 Å². The number of hydrazone groups is 1. The van der Waals surface area contributed by atoms with Crippen molar-refractivity contribution in [2.24, 2.45) is 5.10 Å². The van der Waals surface area contributed by atoms with Gasteiger partial charge in [0.15, 0.2) is 0 Å². The van der Waals surface area contributed by atoms with Crippen molar-refractivity contribution < 1.29 is 14.3 Å². The monoisotopic (exact) mass is 385 g/mol. The second kappa shape index (κ2) is 7.27. The second-order valence-corrected chi connectivity index (χ2v) is 7.53. The number of carbonyl (C=O) groups is 1. The van der Waals surface area contributed by atoms with E-state index >= 15 is 0 Å². The third-order valence-electron chi connectivity index (χ3n) is 3.61. The van der Waals surface area contributed by atoms with E-state index in [1.165, 1.54) is 33.9 Å². The van der Waals surface area contributed by atoms with Crippen LogP contribution in [0.15, 0.2) is 52.8 Å². The van der Waals surface area contributed by atoms with E-state index in [1.54, 1.807) is 6.21 Å². The lowest BCUT2D eigenvalue weighted by Gasteiger charge is -2.18. The summed E-state index contributed by atoms with van der Waals surface area (Å²) in [6.07, 6.45) is 2.97. The topological polar surface area (TPSA) is 64.0 Å². The van der Waals surface area contributed by atoms with Crippen LogP contribution in [-0.4, -0.2) is 30.3 Å². The van der Waals surface area contributed by atoms with Crippen molar-refractivity contribution in [2.45, 2.75) is 6.92 Å². The van der Waals surface area contributed by atoms with E-state index in [0.29, 0.717) is 18.3 Å². The number of fused-ring (bicyclic) bond motifs is 1. The number of aromatic nitrogens is 1. The molecule has 1 aliphatic rings. The molecule has 0 fully saturated rings. The van der Waals surface area contributed by atoms with Crippen molar-refractivity contribution >= 4 is 50.1 Å². The molecule has 26 heavy (non-hydrogen) atoms. The Balaban J connectivity index is 1.73. The van der Waals surface area contributed by atoms with Gasteiger partial charge >= 0.3 is 5.91 Å². The number of ether oxygens (including phenoxy) is 2. The maximum absolute atomic E-state index is 12.9. The number of benzene rings is 1. The maximum atomic E-state index is 12.9. The largest absolute Gasteiger partial charge is 0.494 e. The van der Waals surface area contributed by atoms with E-state index in [0.717, 1.165) is 20.7 Å². The first-order valence-corrected chi connectivity index (χ1v) is 9.64. The number of hydrogen-bond acceptors (Lipinski definition) is 7. The summed E-state index contributed by atoms with van der Waals surface area (Å²) in [6, 6.07) is 9.84. The molecule has 0 aliphatic carbocycles. The summed E-state index contributed by atoms with van der Waals surface area (Å²) in [5.74, 6) is -0.289. The lowest BCUT2D eigenvalue weighted by Crippen LogP contribution is -2.30. The molecule has 8 heteroatoms. The van der Waals surface area contributed by atoms with Gasteiger partial charge in [-0.3, -0.25) is 4.79 Å². The standard InChI is InChI=1S/C18H15N3O3S2/c1-12-4-5-14-16(9-12)26-18(20-14)21(19-10-13-3-2-8-25-13)17(22)15-11-23-6-7-24-15/h2-5,8-11H,6-7H2,1H3/b19-10-. The Kier molecular flexibility index (Phi) is 4.68. The fourth-order valence-electron chi connectivity index (χ4n) is 2.36. The zero-order chi connectivity index (χ0) is 17.9. The van der Waals surface area contributed by atoms with Gasteiger partial charge in [0, 0.05) is 4.88 Å². The maximum Gasteiger partial charge on any atom is 0.319 e. The van der Waals surface area contributed by atoms with Crippen LogP contribution in [0, 0.1) is 6.92 Å². The van der Waals surface area contributed by atoms with Gasteiger partial charge in [-0.25, -0.2) is 4.98 Å². The van der Waals surface area contributed by atoms with Gasteiger partial charge in [-0.05, 0) is 36.1 Å². The number of amides is 1. The highest BCUT2D eigenvalue weighted by Gasteiger charge is 2.26. The van der Waals surface area contributed by atoms with Crippen LogP contribution in [0.3, 0.4) is 0 Å². The van der Waals surface area contributed by atoms with Gasteiger partial charge in [-0.15, -0.1) is 11.3 Å². The summed E-state index contributed by atoms with van der Waals surface area (Å²) in [5, 5.41) is 8.07. The Morgan fingerprint density at radius 2 is 2.27 bits per heavy atom. The summed E-state index contributed by atoms with van der Waals surface area (Å²) in [7, 11) is 0. The molecule has 1 aromatic carbocycles. The molecule has 0 saturated carbocycles. The highest BCUT2D eigenvalue weighted by atomic mass is 32.1. The van der Waals surface area contributed by atoms with E-state index in [2.05, 4.69) is 10.1 Å². The minimum absolute atomic E-state index is 0.120. The number of hydrogen-bond donors (Lipinski definition) is 0. The lowest BCUT2D eigenvalue weighted by atomic mass is 10.2. The van der Waals surface area contributed by atoms with Crippen molar-refractivity contribution in [3.05, 3.63) is 58.2 Å². The van der Waals surface area contributed by atoms with Gasteiger partial charge in [0.2, 0.25) is 10.9 Å². The highest BCUT2D eigenvalue weighted by molar-refractivity contribution is 7.22. The third kappa shape index (κ3) is 3.47. The highest BCUT2D eigenvalue weighted by Crippen LogP contribution is 2.31. The van der Waals surface area contributed by atoms with Crippen molar-refractivity contribution in [2.75, 3.05) is 18.2 Å². The predicted molar refractivity (Wildman–Crippen MR) is 104 cm³/mol. The summed E-state index contributed by atoms with van der Waals surface area (Å²) >= 11 is 2.95. The van der Waals surface area contributed by atoms with Crippen molar-refractivity contribution in [3.8, 4) is 0 Å². The Hall–Kier alpha value is -2.71. The van der Waals surface area contributed by atoms with E-state index in [1.807, 2.05) is 42.6 Å². The molecule has 3 heterocycles. The van der Waals surface area contributed by atoms with Gasteiger partial charge < -0.3 is 9.47 Å². The minimum Gasteiger partial charge on any atom is -0.494 e. The number of thiazole rings is 1. The molecular weight excluding hydrogens is 370 g/mol. The zero-order valence-corrected chi connectivity index (χ0v) is 15.5. The summed E-state index contributed by atoms with van der Waals surface area (Å²) in [5.41, 5.74) is 1.97. The zero-order valence-electron chi connectivity index (χ0n) is 13.9. The van der Waals surface area contributed by atoms with Crippen molar-refractivity contribution in [1.82, 2.24) is 4.98 Å². The molecule has 3 aromatic rings. The summed E-state index contributed by atoms with van der Waals surface area (Å²) in [4.78, 5) is 18.4. The molecule has 132 valence electrons. The van der Waals surface area contributed by atoms with Gasteiger partial charge in [0.05, 0.1) is 16.4 Å². The molecule has 0 atom stereocenters. The molecule has 0 saturated heterocycles. The van der Waals surface area contributed by atoms with Crippen LogP contribution in [0.25, 0.3) is 10.2 Å². The number of nitrogens with zero attached hydrogens (tertiary/aromatic N) is 3. The Morgan fingerprint density at radius 3 is 3.04 bits per heavy atom. The number of anilines is 1. The molecular formula is C18H15N3O3S2. The first-order chi connectivity index (χ1) is 12.7. The number of rotatable bonds is 4.